The molecule has 6 heteroatoms. The van der Waals surface area contributed by atoms with E-state index in [2.05, 4.69) is 15.2 Å². The maximum atomic E-state index is 6.14. The summed E-state index contributed by atoms with van der Waals surface area (Å²) in [6.07, 6.45) is 3.48. The van der Waals surface area contributed by atoms with E-state index in [-0.39, 0.29) is 0 Å². The molecule has 2 heterocycles. The van der Waals surface area contributed by atoms with Gasteiger partial charge < -0.3 is 5.73 Å². The van der Waals surface area contributed by atoms with Crippen LogP contribution in [0.15, 0.2) is 36.7 Å². The van der Waals surface area contributed by atoms with Crippen molar-refractivity contribution in [1.82, 2.24) is 19.6 Å². The summed E-state index contributed by atoms with van der Waals surface area (Å²) in [6.45, 7) is 0. The Hall–Kier alpha value is -2.14. The van der Waals surface area contributed by atoms with E-state index in [1.165, 1.54) is 0 Å². The van der Waals surface area contributed by atoms with Gasteiger partial charge in [-0.2, -0.15) is 0 Å². The van der Waals surface area contributed by atoms with Gasteiger partial charge in [0.05, 0.1) is 10.6 Å². The Kier molecular flexibility index (Phi) is 2.19. The van der Waals surface area contributed by atoms with Crippen LogP contribution in [-0.4, -0.2) is 19.6 Å². The van der Waals surface area contributed by atoms with E-state index in [9.17, 15) is 0 Å². The number of benzene rings is 1. The predicted molar refractivity (Wildman–Crippen MR) is 65.6 cm³/mol. The third kappa shape index (κ3) is 1.52. The molecule has 3 rings (SSSR count). The highest BCUT2D eigenvalue weighted by Gasteiger charge is 2.14. The third-order valence-electron chi connectivity index (χ3n) is 2.46. The van der Waals surface area contributed by atoms with E-state index in [0.29, 0.717) is 27.9 Å². The molecule has 1 aromatic carbocycles. The minimum atomic E-state index is 0.516. The Morgan fingerprint density at radius 3 is 2.88 bits per heavy atom. The summed E-state index contributed by atoms with van der Waals surface area (Å²) in [5, 5.41) is 8.58. The first-order valence-electron chi connectivity index (χ1n) is 4.97. The second kappa shape index (κ2) is 3.71. The minimum Gasteiger partial charge on any atom is -0.398 e. The van der Waals surface area contributed by atoms with Gasteiger partial charge in [0.25, 0.3) is 5.78 Å². The molecule has 0 aliphatic carbocycles. The average molecular weight is 246 g/mol. The van der Waals surface area contributed by atoms with Crippen LogP contribution < -0.4 is 5.73 Å². The highest BCUT2D eigenvalue weighted by atomic mass is 35.5. The maximum absolute atomic E-state index is 6.14. The van der Waals surface area contributed by atoms with Crippen LogP contribution in [-0.2, 0) is 0 Å². The Morgan fingerprint density at radius 2 is 2.06 bits per heavy atom. The SMILES string of the molecule is Nc1cccc(Cl)c1-c1nnc2ncccn12. The van der Waals surface area contributed by atoms with E-state index in [1.807, 2.05) is 6.20 Å². The lowest BCUT2D eigenvalue weighted by Crippen LogP contribution is -1.95. The summed E-state index contributed by atoms with van der Waals surface area (Å²) in [5.41, 5.74) is 7.16. The fourth-order valence-electron chi connectivity index (χ4n) is 1.69. The first kappa shape index (κ1) is 10.0. The molecule has 3 aromatic rings. The number of aromatic nitrogens is 4. The van der Waals surface area contributed by atoms with Gasteiger partial charge in [0.2, 0.25) is 0 Å². The van der Waals surface area contributed by atoms with E-state index >= 15 is 0 Å². The van der Waals surface area contributed by atoms with Crippen LogP contribution in [0.5, 0.6) is 0 Å². The number of rotatable bonds is 1. The predicted octanol–water partition coefficient (Wildman–Crippen LogP) is 2.03. The zero-order valence-electron chi connectivity index (χ0n) is 8.71. The topological polar surface area (TPSA) is 69.1 Å². The summed E-state index contributed by atoms with van der Waals surface area (Å²) in [5.74, 6) is 1.11. The number of fused-ring (bicyclic) bond motifs is 1. The number of hydrogen-bond donors (Lipinski definition) is 1. The van der Waals surface area contributed by atoms with Gasteiger partial charge in [-0.25, -0.2) is 4.98 Å². The van der Waals surface area contributed by atoms with Crippen LogP contribution in [0.25, 0.3) is 17.2 Å². The Balaban J connectivity index is 2.35. The average Bonchev–Trinajstić information content (AvgIpc) is 2.73. The summed E-state index contributed by atoms with van der Waals surface area (Å²) >= 11 is 6.14. The number of hydrogen-bond acceptors (Lipinski definition) is 4. The largest absolute Gasteiger partial charge is 0.398 e. The molecule has 17 heavy (non-hydrogen) atoms. The monoisotopic (exact) mass is 245 g/mol. The normalized spacial score (nSPS) is 10.9. The first-order valence-corrected chi connectivity index (χ1v) is 5.35. The fraction of sp³-hybridized carbons (Fsp3) is 0. The van der Waals surface area contributed by atoms with Gasteiger partial charge in [-0.3, -0.25) is 4.40 Å². The van der Waals surface area contributed by atoms with Crippen molar-refractivity contribution >= 4 is 23.1 Å². The Bertz CT molecular complexity index is 671. The second-order valence-electron chi connectivity index (χ2n) is 3.52. The molecule has 0 spiro atoms. The number of nitrogens with zero attached hydrogens (tertiary/aromatic N) is 4. The van der Waals surface area contributed by atoms with Crippen LogP contribution in [0, 0.1) is 0 Å². The molecule has 0 saturated heterocycles. The van der Waals surface area contributed by atoms with Crippen molar-refractivity contribution in [1.29, 1.82) is 0 Å². The minimum absolute atomic E-state index is 0.516. The molecule has 0 saturated carbocycles. The van der Waals surface area contributed by atoms with E-state index in [4.69, 9.17) is 17.3 Å². The second-order valence-corrected chi connectivity index (χ2v) is 3.92. The van der Waals surface area contributed by atoms with Gasteiger partial charge in [0.15, 0.2) is 5.82 Å². The molecule has 0 atom stereocenters. The highest BCUT2D eigenvalue weighted by molar-refractivity contribution is 6.33. The van der Waals surface area contributed by atoms with Crippen molar-refractivity contribution in [3.8, 4) is 11.4 Å². The number of nitrogens with two attached hydrogens (primary N) is 1. The van der Waals surface area contributed by atoms with E-state index in [1.54, 1.807) is 34.9 Å². The fourth-order valence-corrected chi connectivity index (χ4v) is 1.96. The summed E-state index contributed by atoms with van der Waals surface area (Å²) in [6, 6.07) is 7.14. The summed E-state index contributed by atoms with van der Waals surface area (Å²) < 4.78 is 1.75. The molecular weight excluding hydrogens is 238 g/mol. The lowest BCUT2D eigenvalue weighted by Gasteiger charge is -2.05. The molecule has 0 aliphatic heterocycles. The smallest absolute Gasteiger partial charge is 0.255 e. The molecular formula is C11H8ClN5. The standard InChI is InChI=1S/C11H8ClN5/c12-7-3-1-4-8(13)9(7)10-15-16-11-14-5-2-6-17(10)11/h1-6H,13H2. The van der Waals surface area contributed by atoms with Crippen LogP contribution in [0.1, 0.15) is 0 Å². The molecule has 0 bridgehead atoms. The molecule has 0 fully saturated rings. The quantitative estimate of drug-likeness (QED) is 0.666. The third-order valence-corrected chi connectivity index (χ3v) is 2.77. The maximum Gasteiger partial charge on any atom is 0.255 e. The lowest BCUT2D eigenvalue weighted by atomic mass is 10.1. The van der Waals surface area contributed by atoms with Crippen LogP contribution in [0.2, 0.25) is 5.02 Å². The Morgan fingerprint density at radius 1 is 1.18 bits per heavy atom. The van der Waals surface area contributed by atoms with Crippen LogP contribution >= 0.6 is 11.6 Å². The summed E-state index contributed by atoms with van der Waals surface area (Å²) in [4.78, 5) is 4.09. The molecule has 0 unspecified atom stereocenters. The van der Waals surface area contributed by atoms with Gasteiger partial charge in [-0.05, 0) is 18.2 Å². The van der Waals surface area contributed by atoms with Gasteiger partial charge in [0.1, 0.15) is 0 Å². The van der Waals surface area contributed by atoms with Crippen molar-refractivity contribution < 1.29 is 0 Å². The lowest BCUT2D eigenvalue weighted by molar-refractivity contribution is 1.10. The highest BCUT2D eigenvalue weighted by Crippen LogP contribution is 2.31. The molecule has 2 N–H and O–H groups in total. The molecule has 0 aliphatic rings. The molecule has 0 amide bonds. The van der Waals surface area contributed by atoms with Gasteiger partial charge in [0, 0.05) is 18.1 Å². The number of anilines is 1. The summed E-state index contributed by atoms with van der Waals surface area (Å²) in [7, 11) is 0. The van der Waals surface area contributed by atoms with Crippen molar-refractivity contribution in [2.75, 3.05) is 5.73 Å². The molecule has 5 nitrogen and oxygen atoms in total. The van der Waals surface area contributed by atoms with Gasteiger partial charge >= 0.3 is 0 Å². The molecule has 0 radical (unpaired) electrons. The molecule has 2 aromatic heterocycles. The van der Waals surface area contributed by atoms with Crippen LogP contribution in [0.4, 0.5) is 5.69 Å². The van der Waals surface area contributed by atoms with E-state index in [0.717, 1.165) is 0 Å². The van der Waals surface area contributed by atoms with Crippen molar-refractivity contribution in [2.45, 2.75) is 0 Å². The van der Waals surface area contributed by atoms with Gasteiger partial charge in [-0.1, -0.05) is 17.7 Å². The van der Waals surface area contributed by atoms with Gasteiger partial charge in [-0.15, -0.1) is 10.2 Å². The number of halogens is 1. The van der Waals surface area contributed by atoms with Crippen LogP contribution in [0.3, 0.4) is 0 Å². The first-order chi connectivity index (χ1) is 8.27. The van der Waals surface area contributed by atoms with Crippen molar-refractivity contribution in [3.63, 3.8) is 0 Å². The Labute approximate surface area is 102 Å². The number of nitrogen functional groups attached to an aromatic ring is 1. The zero-order chi connectivity index (χ0) is 11.8. The van der Waals surface area contributed by atoms with Crippen molar-refractivity contribution in [2.24, 2.45) is 0 Å². The zero-order valence-corrected chi connectivity index (χ0v) is 9.46. The van der Waals surface area contributed by atoms with Crippen molar-refractivity contribution in [3.05, 3.63) is 41.7 Å². The van der Waals surface area contributed by atoms with E-state index < -0.39 is 0 Å². The molecule has 84 valence electrons.